The van der Waals surface area contributed by atoms with E-state index in [1.807, 2.05) is 32.0 Å². The fourth-order valence-electron chi connectivity index (χ4n) is 2.45. The van der Waals surface area contributed by atoms with Crippen LogP contribution in [0.4, 0.5) is 5.69 Å². The maximum Gasteiger partial charge on any atom is 0.239 e. The quantitative estimate of drug-likeness (QED) is 0.806. The third kappa shape index (κ3) is 5.57. The molecular formula is C19H24N2O4S. The van der Waals surface area contributed by atoms with Crippen LogP contribution in [-0.2, 0) is 21.4 Å². The van der Waals surface area contributed by atoms with Gasteiger partial charge in [0.25, 0.3) is 0 Å². The molecule has 0 spiro atoms. The molecule has 0 aliphatic heterocycles. The summed E-state index contributed by atoms with van der Waals surface area (Å²) in [5.41, 5.74) is 3.40. The second-order valence-corrected chi connectivity index (χ2v) is 8.23. The van der Waals surface area contributed by atoms with E-state index in [2.05, 4.69) is 5.32 Å². The Bertz CT molecular complexity index is 877. The molecule has 1 amide bonds. The number of ether oxygens (including phenoxy) is 1. The Labute approximate surface area is 154 Å². The number of carbonyl (C=O) groups is 1. The van der Waals surface area contributed by atoms with Gasteiger partial charge in [-0.15, -0.1) is 0 Å². The van der Waals surface area contributed by atoms with Crippen molar-refractivity contribution in [2.75, 3.05) is 25.2 Å². The van der Waals surface area contributed by atoms with E-state index in [-0.39, 0.29) is 19.0 Å². The number of hydrogen-bond donors (Lipinski definition) is 1. The van der Waals surface area contributed by atoms with Gasteiger partial charge in [0.1, 0.15) is 5.75 Å². The topological polar surface area (TPSA) is 75.7 Å². The van der Waals surface area contributed by atoms with Crippen LogP contribution in [0, 0.1) is 13.8 Å². The SMILES string of the molecule is COc1ccc(CN(CC(=O)Nc2cc(C)ccc2C)S(C)(=O)=O)cc1. The molecule has 0 unspecified atom stereocenters. The number of sulfonamides is 1. The first-order chi connectivity index (χ1) is 12.2. The van der Waals surface area contributed by atoms with E-state index in [1.54, 1.807) is 31.4 Å². The van der Waals surface area contributed by atoms with Crippen molar-refractivity contribution >= 4 is 21.6 Å². The first-order valence-corrected chi connectivity index (χ1v) is 9.99. The average molecular weight is 376 g/mol. The van der Waals surface area contributed by atoms with Crippen LogP contribution in [0.2, 0.25) is 0 Å². The van der Waals surface area contributed by atoms with Crippen LogP contribution >= 0.6 is 0 Å². The zero-order chi connectivity index (χ0) is 19.3. The highest BCUT2D eigenvalue weighted by Gasteiger charge is 2.21. The highest BCUT2D eigenvalue weighted by atomic mass is 32.2. The summed E-state index contributed by atoms with van der Waals surface area (Å²) in [7, 11) is -1.98. The molecule has 0 saturated heterocycles. The normalized spacial score (nSPS) is 11.4. The number of aryl methyl sites for hydroxylation is 2. The van der Waals surface area contributed by atoms with E-state index in [1.165, 1.54) is 0 Å². The third-order valence-corrected chi connectivity index (χ3v) is 5.17. The number of benzene rings is 2. The van der Waals surface area contributed by atoms with Crippen LogP contribution in [0.5, 0.6) is 5.75 Å². The number of rotatable bonds is 7. The summed E-state index contributed by atoms with van der Waals surface area (Å²) in [6.45, 7) is 3.68. The van der Waals surface area contributed by atoms with Crippen molar-refractivity contribution in [3.05, 3.63) is 59.2 Å². The van der Waals surface area contributed by atoms with Gasteiger partial charge in [-0.05, 0) is 48.7 Å². The van der Waals surface area contributed by atoms with Gasteiger partial charge in [-0.3, -0.25) is 4.79 Å². The molecule has 140 valence electrons. The van der Waals surface area contributed by atoms with Crippen molar-refractivity contribution in [3.8, 4) is 5.75 Å². The number of nitrogens with zero attached hydrogens (tertiary/aromatic N) is 1. The number of amides is 1. The molecule has 2 aromatic rings. The van der Waals surface area contributed by atoms with Gasteiger partial charge in [0, 0.05) is 12.2 Å². The molecule has 0 heterocycles. The van der Waals surface area contributed by atoms with Gasteiger partial charge in [-0.1, -0.05) is 24.3 Å². The van der Waals surface area contributed by atoms with Crippen molar-refractivity contribution in [1.82, 2.24) is 4.31 Å². The summed E-state index contributed by atoms with van der Waals surface area (Å²) >= 11 is 0. The van der Waals surface area contributed by atoms with Gasteiger partial charge in [0.15, 0.2) is 0 Å². The highest BCUT2D eigenvalue weighted by molar-refractivity contribution is 7.88. The Morgan fingerprint density at radius 2 is 1.77 bits per heavy atom. The maximum absolute atomic E-state index is 12.4. The molecule has 0 bridgehead atoms. The van der Waals surface area contributed by atoms with E-state index < -0.39 is 10.0 Å². The average Bonchev–Trinajstić information content (AvgIpc) is 2.57. The summed E-state index contributed by atoms with van der Waals surface area (Å²) in [6.07, 6.45) is 1.10. The number of nitrogens with one attached hydrogen (secondary N) is 1. The van der Waals surface area contributed by atoms with E-state index in [0.29, 0.717) is 11.4 Å². The van der Waals surface area contributed by atoms with Gasteiger partial charge in [-0.25, -0.2) is 8.42 Å². The van der Waals surface area contributed by atoms with Gasteiger partial charge in [-0.2, -0.15) is 4.31 Å². The molecule has 0 atom stereocenters. The van der Waals surface area contributed by atoms with E-state index >= 15 is 0 Å². The Balaban J connectivity index is 2.12. The van der Waals surface area contributed by atoms with Crippen molar-refractivity contribution in [3.63, 3.8) is 0 Å². The standard InChI is InChI=1S/C19H24N2O4S/c1-14-5-6-15(2)18(11-14)20-19(22)13-21(26(4,23)24)12-16-7-9-17(25-3)10-8-16/h5-11H,12-13H2,1-4H3,(H,20,22). The lowest BCUT2D eigenvalue weighted by Gasteiger charge is -2.20. The van der Waals surface area contributed by atoms with E-state index in [9.17, 15) is 13.2 Å². The lowest BCUT2D eigenvalue weighted by molar-refractivity contribution is -0.116. The Hall–Kier alpha value is -2.38. The molecule has 7 heteroatoms. The molecule has 0 aromatic heterocycles. The third-order valence-electron chi connectivity index (χ3n) is 3.97. The highest BCUT2D eigenvalue weighted by Crippen LogP contribution is 2.17. The van der Waals surface area contributed by atoms with Crippen LogP contribution in [0.25, 0.3) is 0 Å². The van der Waals surface area contributed by atoms with Crippen molar-refractivity contribution in [1.29, 1.82) is 0 Å². The monoisotopic (exact) mass is 376 g/mol. The smallest absolute Gasteiger partial charge is 0.239 e. The van der Waals surface area contributed by atoms with Gasteiger partial charge in [0.05, 0.1) is 19.9 Å². The molecule has 26 heavy (non-hydrogen) atoms. The summed E-state index contributed by atoms with van der Waals surface area (Å²) in [6, 6.07) is 12.8. The second kappa shape index (κ2) is 8.33. The van der Waals surface area contributed by atoms with Crippen molar-refractivity contribution < 1.29 is 17.9 Å². The number of carbonyl (C=O) groups excluding carboxylic acids is 1. The summed E-state index contributed by atoms with van der Waals surface area (Å²) in [4.78, 5) is 12.4. The first kappa shape index (κ1) is 19.9. The number of hydrogen-bond acceptors (Lipinski definition) is 4. The number of anilines is 1. The van der Waals surface area contributed by atoms with Crippen molar-refractivity contribution in [2.45, 2.75) is 20.4 Å². The molecular weight excluding hydrogens is 352 g/mol. The van der Waals surface area contributed by atoms with Crippen LogP contribution in [-0.4, -0.2) is 38.5 Å². The predicted molar refractivity (Wildman–Crippen MR) is 103 cm³/mol. The van der Waals surface area contributed by atoms with Crippen molar-refractivity contribution in [2.24, 2.45) is 0 Å². The minimum absolute atomic E-state index is 0.114. The predicted octanol–water partition coefficient (Wildman–Crippen LogP) is 2.71. The van der Waals surface area contributed by atoms with Crippen LogP contribution in [0.3, 0.4) is 0 Å². The molecule has 1 N–H and O–H groups in total. The zero-order valence-corrected chi connectivity index (χ0v) is 16.3. The molecule has 0 aliphatic carbocycles. The largest absolute Gasteiger partial charge is 0.497 e. The molecule has 2 rings (SSSR count). The van der Waals surface area contributed by atoms with Crippen LogP contribution in [0.1, 0.15) is 16.7 Å². The van der Waals surface area contributed by atoms with Gasteiger partial charge >= 0.3 is 0 Å². The fraction of sp³-hybridized carbons (Fsp3) is 0.316. The van der Waals surface area contributed by atoms with Crippen LogP contribution < -0.4 is 10.1 Å². The first-order valence-electron chi connectivity index (χ1n) is 8.14. The maximum atomic E-state index is 12.4. The molecule has 2 aromatic carbocycles. The summed E-state index contributed by atoms with van der Waals surface area (Å²) in [5, 5.41) is 2.79. The Morgan fingerprint density at radius 3 is 2.35 bits per heavy atom. The minimum Gasteiger partial charge on any atom is -0.497 e. The summed E-state index contributed by atoms with van der Waals surface area (Å²) < 4.78 is 30.4. The van der Waals surface area contributed by atoms with Crippen LogP contribution in [0.15, 0.2) is 42.5 Å². The van der Waals surface area contributed by atoms with E-state index in [0.717, 1.165) is 27.3 Å². The number of methoxy groups -OCH3 is 1. The lowest BCUT2D eigenvalue weighted by Crippen LogP contribution is -2.37. The van der Waals surface area contributed by atoms with Gasteiger partial charge < -0.3 is 10.1 Å². The Kier molecular flexibility index (Phi) is 6.39. The molecule has 0 aliphatic rings. The zero-order valence-electron chi connectivity index (χ0n) is 15.4. The second-order valence-electron chi connectivity index (χ2n) is 6.25. The summed E-state index contributed by atoms with van der Waals surface area (Å²) in [5.74, 6) is 0.310. The van der Waals surface area contributed by atoms with E-state index in [4.69, 9.17) is 4.74 Å². The minimum atomic E-state index is -3.54. The lowest BCUT2D eigenvalue weighted by atomic mass is 10.1. The molecule has 0 saturated carbocycles. The Morgan fingerprint density at radius 1 is 1.12 bits per heavy atom. The van der Waals surface area contributed by atoms with Gasteiger partial charge in [0.2, 0.25) is 15.9 Å². The fourth-order valence-corrected chi connectivity index (χ4v) is 3.18. The molecule has 0 radical (unpaired) electrons. The molecule has 0 fully saturated rings. The molecule has 6 nitrogen and oxygen atoms in total.